The van der Waals surface area contributed by atoms with E-state index in [2.05, 4.69) is 6.07 Å². The van der Waals surface area contributed by atoms with Gasteiger partial charge in [0.25, 0.3) is 0 Å². The number of carbonyl (C=O) groups excluding carboxylic acids is 1. The number of aliphatic hydroxyl groups is 1. The molecule has 0 radical (unpaired) electrons. The summed E-state index contributed by atoms with van der Waals surface area (Å²) in [4.78, 5) is 16.7. The highest BCUT2D eigenvalue weighted by Gasteiger charge is 2.29. The van der Waals surface area contributed by atoms with Gasteiger partial charge in [-0.25, -0.2) is 0 Å². The number of piperidine rings is 1. The highest BCUT2D eigenvalue weighted by molar-refractivity contribution is 5.97. The lowest BCUT2D eigenvalue weighted by Gasteiger charge is -2.36. The molecule has 0 saturated carbocycles. The number of likely N-dealkylation sites (tertiary alicyclic amines) is 1. The van der Waals surface area contributed by atoms with Gasteiger partial charge < -0.3 is 10.0 Å². The van der Waals surface area contributed by atoms with Gasteiger partial charge in [-0.2, -0.15) is 5.26 Å². The molecule has 124 valence electrons. The standard InChI is InChI=1S/C18H25N3O2/c1-14-6-8-16(9-7-14)21(12-4-10-19)18(23)15(2)20-11-3-5-17(22)13-20/h6-9,15,17,22H,3-5,11-13H2,1-2H3. The van der Waals surface area contributed by atoms with Gasteiger partial charge in [-0.15, -0.1) is 0 Å². The fourth-order valence-electron chi connectivity index (χ4n) is 2.97. The molecule has 2 unspecified atom stereocenters. The summed E-state index contributed by atoms with van der Waals surface area (Å²) in [7, 11) is 0. The molecule has 1 aromatic carbocycles. The van der Waals surface area contributed by atoms with Crippen LogP contribution < -0.4 is 4.90 Å². The molecular weight excluding hydrogens is 290 g/mol. The van der Waals surface area contributed by atoms with Crippen LogP contribution >= 0.6 is 0 Å². The molecule has 1 saturated heterocycles. The average Bonchev–Trinajstić information content (AvgIpc) is 2.55. The van der Waals surface area contributed by atoms with Crippen molar-refractivity contribution in [2.75, 3.05) is 24.5 Å². The van der Waals surface area contributed by atoms with Crippen LogP contribution in [0.5, 0.6) is 0 Å². The molecule has 2 rings (SSSR count). The number of nitriles is 1. The van der Waals surface area contributed by atoms with E-state index in [-0.39, 0.29) is 18.1 Å². The lowest BCUT2D eigenvalue weighted by atomic mass is 10.1. The van der Waals surface area contributed by atoms with Crippen LogP contribution in [-0.4, -0.2) is 47.7 Å². The number of carbonyl (C=O) groups is 1. The Kier molecular flexibility index (Phi) is 6.14. The molecule has 1 aliphatic heterocycles. The first-order chi connectivity index (χ1) is 11.0. The Morgan fingerprint density at radius 1 is 1.48 bits per heavy atom. The first-order valence-electron chi connectivity index (χ1n) is 8.20. The maximum absolute atomic E-state index is 12.9. The summed E-state index contributed by atoms with van der Waals surface area (Å²) in [5.74, 6) is -0.0156. The van der Waals surface area contributed by atoms with Crippen LogP contribution in [0.3, 0.4) is 0 Å². The van der Waals surface area contributed by atoms with E-state index in [0.717, 1.165) is 30.6 Å². The summed E-state index contributed by atoms with van der Waals surface area (Å²) in [5.41, 5.74) is 1.95. The average molecular weight is 315 g/mol. The third-order valence-electron chi connectivity index (χ3n) is 4.39. The minimum absolute atomic E-state index is 0.0156. The number of amides is 1. The molecule has 5 nitrogen and oxygen atoms in total. The molecule has 0 spiro atoms. The van der Waals surface area contributed by atoms with E-state index < -0.39 is 0 Å². The van der Waals surface area contributed by atoms with E-state index in [0.29, 0.717) is 19.5 Å². The number of rotatable bonds is 5. The minimum Gasteiger partial charge on any atom is -0.392 e. The molecule has 0 aliphatic carbocycles. The summed E-state index contributed by atoms with van der Waals surface area (Å²) in [6, 6.07) is 9.59. The zero-order chi connectivity index (χ0) is 16.8. The molecule has 1 aromatic rings. The van der Waals surface area contributed by atoms with Gasteiger partial charge in [0.1, 0.15) is 0 Å². The number of benzene rings is 1. The second kappa shape index (κ2) is 8.09. The van der Waals surface area contributed by atoms with Gasteiger partial charge in [0.15, 0.2) is 0 Å². The Labute approximate surface area is 138 Å². The minimum atomic E-state index is -0.356. The third-order valence-corrected chi connectivity index (χ3v) is 4.39. The van der Waals surface area contributed by atoms with Crippen molar-refractivity contribution in [1.29, 1.82) is 5.26 Å². The largest absolute Gasteiger partial charge is 0.392 e. The van der Waals surface area contributed by atoms with Crippen molar-refractivity contribution in [2.45, 2.75) is 45.3 Å². The molecule has 1 fully saturated rings. The van der Waals surface area contributed by atoms with Crippen molar-refractivity contribution in [2.24, 2.45) is 0 Å². The number of aliphatic hydroxyl groups excluding tert-OH is 1. The van der Waals surface area contributed by atoms with Crippen molar-refractivity contribution >= 4 is 11.6 Å². The zero-order valence-corrected chi connectivity index (χ0v) is 13.9. The number of hydrogen-bond acceptors (Lipinski definition) is 4. The predicted molar refractivity (Wildman–Crippen MR) is 90.0 cm³/mol. The van der Waals surface area contributed by atoms with Gasteiger partial charge in [0.05, 0.1) is 24.6 Å². The van der Waals surface area contributed by atoms with Crippen LogP contribution in [0.1, 0.15) is 31.7 Å². The number of aryl methyl sites for hydroxylation is 1. The van der Waals surface area contributed by atoms with Crippen LogP contribution in [0.25, 0.3) is 0 Å². The van der Waals surface area contributed by atoms with E-state index in [1.54, 1.807) is 4.90 Å². The highest BCUT2D eigenvalue weighted by atomic mass is 16.3. The predicted octanol–water partition coefficient (Wildman–Crippen LogP) is 2.09. The Hall–Kier alpha value is -1.90. The van der Waals surface area contributed by atoms with Crippen LogP contribution in [-0.2, 0) is 4.79 Å². The smallest absolute Gasteiger partial charge is 0.244 e. The molecule has 1 N–H and O–H groups in total. The Balaban J connectivity index is 2.15. The van der Waals surface area contributed by atoms with Crippen molar-refractivity contribution in [3.05, 3.63) is 29.8 Å². The zero-order valence-electron chi connectivity index (χ0n) is 13.9. The summed E-state index contributed by atoms with van der Waals surface area (Å²) in [6.07, 6.45) is 1.65. The van der Waals surface area contributed by atoms with E-state index in [1.165, 1.54) is 0 Å². The number of hydrogen-bond donors (Lipinski definition) is 1. The van der Waals surface area contributed by atoms with Crippen molar-refractivity contribution < 1.29 is 9.90 Å². The first kappa shape index (κ1) is 17.5. The summed E-state index contributed by atoms with van der Waals surface area (Å²) < 4.78 is 0. The van der Waals surface area contributed by atoms with Crippen LogP contribution in [0, 0.1) is 18.3 Å². The second-order valence-electron chi connectivity index (χ2n) is 6.20. The van der Waals surface area contributed by atoms with E-state index in [1.807, 2.05) is 43.0 Å². The Bertz CT molecular complexity index is 565. The van der Waals surface area contributed by atoms with Crippen molar-refractivity contribution in [3.8, 4) is 6.07 Å². The van der Waals surface area contributed by atoms with Crippen LogP contribution in [0.15, 0.2) is 24.3 Å². The Morgan fingerprint density at radius 3 is 2.78 bits per heavy atom. The van der Waals surface area contributed by atoms with Crippen molar-refractivity contribution in [1.82, 2.24) is 4.90 Å². The van der Waals surface area contributed by atoms with Gasteiger partial charge in [0.2, 0.25) is 5.91 Å². The fourth-order valence-corrected chi connectivity index (χ4v) is 2.97. The quantitative estimate of drug-likeness (QED) is 0.903. The second-order valence-corrected chi connectivity index (χ2v) is 6.20. The highest BCUT2D eigenvalue weighted by Crippen LogP contribution is 2.20. The van der Waals surface area contributed by atoms with Gasteiger partial charge in [-0.3, -0.25) is 9.69 Å². The maximum Gasteiger partial charge on any atom is 0.244 e. The SMILES string of the molecule is Cc1ccc(N(CCC#N)C(=O)C(C)N2CCCC(O)C2)cc1. The van der Waals surface area contributed by atoms with E-state index >= 15 is 0 Å². The summed E-state index contributed by atoms with van der Waals surface area (Å²) >= 11 is 0. The number of anilines is 1. The van der Waals surface area contributed by atoms with Gasteiger partial charge >= 0.3 is 0 Å². The van der Waals surface area contributed by atoms with E-state index in [4.69, 9.17) is 5.26 Å². The molecular formula is C18H25N3O2. The fraction of sp³-hybridized carbons (Fsp3) is 0.556. The molecule has 0 bridgehead atoms. The third kappa shape index (κ3) is 4.54. The monoisotopic (exact) mass is 315 g/mol. The van der Waals surface area contributed by atoms with Crippen LogP contribution in [0.4, 0.5) is 5.69 Å². The number of nitrogens with zero attached hydrogens (tertiary/aromatic N) is 3. The molecule has 1 amide bonds. The topological polar surface area (TPSA) is 67.6 Å². The molecule has 23 heavy (non-hydrogen) atoms. The van der Waals surface area contributed by atoms with Crippen LogP contribution in [0.2, 0.25) is 0 Å². The molecule has 2 atom stereocenters. The normalized spacial score (nSPS) is 19.8. The lowest BCUT2D eigenvalue weighted by molar-refractivity contribution is -0.124. The Morgan fingerprint density at radius 2 is 2.17 bits per heavy atom. The summed E-state index contributed by atoms with van der Waals surface area (Å²) in [5, 5.41) is 18.7. The molecule has 1 heterocycles. The maximum atomic E-state index is 12.9. The molecule has 0 aromatic heterocycles. The molecule has 1 aliphatic rings. The van der Waals surface area contributed by atoms with E-state index in [9.17, 15) is 9.90 Å². The number of β-amino-alcohol motifs (C(OH)–C–C–N with tert-alkyl or cyclic N) is 1. The molecule has 5 heteroatoms. The first-order valence-corrected chi connectivity index (χ1v) is 8.20. The lowest BCUT2D eigenvalue weighted by Crippen LogP contribution is -2.51. The van der Waals surface area contributed by atoms with Gasteiger partial charge in [-0.05, 0) is 45.4 Å². The summed E-state index contributed by atoms with van der Waals surface area (Å²) in [6.45, 7) is 5.63. The van der Waals surface area contributed by atoms with Crippen molar-refractivity contribution in [3.63, 3.8) is 0 Å². The van der Waals surface area contributed by atoms with Gasteiger partial charge in [-0.1, -0.05) is 17.7 Å². The van der Waals surface area contributed by atoms with Gasteiger partial charge in [0, 0.05) is 18.8 Å².